The minimum Gasteiger partial charge on any atom is -0.382 e. The Morgan fingerprint density at radius 3 is 2.64 bits per heavy atom. The number of carbonyl (C=O) groups excluding carboxylic acids is 1. The number of aryl methyl sites for hydroxylation is 1. The second-order valence-electron chi connectivity index (χ2n) is 8.99. The number of amides is 1. The lowest BCUT2D eigenvalue weighted by Crippen LogP contribution is -2.37. The summed E-state index contributed by atoms with van der Waals surface area (Å²) >= 11 is 0. The van der Waals surface area contributed by atoms with Gasteiger partial charge < -0.3 is 20.3 Å². The fourth-order valence-corrected chi connectivity index (χ4v) is 4.61. The molecule has 2 N–H and O–H groups in total. The molecule has 6 heteroatoms. The Balaban J connectivity index is 1.80. The van der Waals surface area contributed by atoms with E-state index in [9.17, 15) is 4.79 Å². The first kappa shape index (κ1) is 23.1. The van der Waals surface area contributed by atoms with Crippen LogP contribution in [0.3, 0.4) is 0 Å². The van der Waals surface area contributed by atoms with Gasteiger partial charge in [0.1, 0.15) is 5.82 Å². The zero-order chi connectivity index (χ0) is 23.5. The number of nitrogen functional groups attached to an aromatic ring is 1. The molecule has 0 saturated carbocycles. The molecule has 1 fully saturated rings. The predicted octanol–water partition coefficient (Wildman–Crippen LogP) is 4.89. The number of anilines is 2. The number of carbonyl (C=O) groups is 1. The highest BCUT2D eigenvalue weighted by atomic mass is 16.5. The molecule has 1 aliphatic heterocycles. The molecule has 33 heavy (non-hydrogen) atoms. The number of nitrogens with two attached hydrogens (primary N) is 1. The van der Waals surface area contributed by atoms with Gasteiger partial charge in [0.15, 0.2) is 0 Å². The zero-order valence-electron chi connectivity index (χ0n) is 20.1. The van der Waals surface area contributed by atoms with Crippen LogP contribution < -0.4 is 10.6 Å². The molecule has 1 aliphatic rings. The molecule has 3 aromatic rings. The summed E-state index contributed by atoms with van der Waals surface area (Å²) in [4.78, 5) is 22.4. The van der Waals surface area contributed by atoms with E-state index in [-0.39, 0.29) is 11.9 Å². The van der Waals surface area contributed by atoms with Gasteiger partial charge in [-0.15, -0.1) is 0 Å². The summed E-state index contributed by atoms with van der Waals surface area (Å²) in [7, 11) is 0. The van der Waals surface area contributed by atoms with Crippen molar-refractivity contribution >= 4 is 28.3 Å². The third kappa shape index (κ3) is 4.67. The van der Waals surface area contributed by atoms with E-state index in [0.29, 0.717) is 19.0 Å². The number of rotatable bonds is 6. The van der Waals surface area contributed by atoms with Crippen molar-refractivity contribution in [2.24, 2.45) is 0 Å². The zero-order valence-corrected chi connectivity index (χ0v) is 20.1. The number of benzene rings is 2. The highest BCUT2D eigenvalue weighted by Crippen LogP contribution is 2.33. The Kier molecular flexibility index (Phi) is 6.84. The second-order valence-corrected chi connectivity index (χ2v) is 8.99. The highest BCUT2D eigenvalue weighted by Gasteiger charge is 2.23. The van der Waals surface area contributed by atoms with Gasteiger partial charge in [-0.3, -0.25) is 4.79 Å². The van der Waals surface area contributed by atoms with E-state index < -0.39 is 0 Å². The van der Waals surface area contributed by atoms with Crippen molar-refractivity contribution in [1.82, 2.24) is 9.88 Å². The maximum absolute atomic E-state index is 13.6. The van der Waals surface area contributed by atoms with E-state index in [1.54, 1.807) is 0 Å². The minimum absolute atomic E-state index is 0.0788. The summed E-state index contributed by atoms with van der Waals surface area (Å²) in [5, 5.41) is 1.01. The number of pyridine rings is 1. The van der Waals surface area contributed by atoms with Gasteiger partial charge in [0.2, 0.25) is 0 Å². The topological polar surface area (TPSA) is 71.7 Å². The summed E-state index contributed by atoms with van der Waals surface area (Å²) in [6.07, 6.45) is 0.929. The van der Waals surface area contributed by atoms with Gasteiger partial charge in [0.05, 0.1) is 24.4 Å². The van der Waals surface area contributed by atoms with Crippen LogP contribution in [-0.4, -0.2) is 54.7 Å². The molecular formula is C27H34N4O2. The van der Waals surface area contributed by atoms with Crippen molar-refractivity contribution in [3.63, 3.8) is 0 Å². The SMILES string of the molecule is CCCN(C(=O)c1cccc(C)c1-c1ccc2nc(N)c(N3CCOCC3)cc2c1)C(C)C. The normalized spacial score (nSPS) is 14.2. The van der Waals surface area contributed by atoms with Gasteiger partial charge in [-0.25, -0.2) is 4.98 Å². The van der Waals surface area contributed by atoms with Crippen LogP contribution in [0.5, 0.6) is 0 Å². The Labute approximate surface area is 196 Å². The van der Waals surface area contributed by atoms with Gasteiger partial charge in [-0.05, 0) is 68.1 Å². The molecule has 1 saturated heterocycles. The summed E-state index contributed by atoms with van der Waals surface area (Å²) < 4.78 is 5.49. The quantitative estimate of drug-likeness (QED) is 0.584. The molecule has 174 valence electrons. The van der Waals surface area contributed by atoms with Crippen LogP contribution in [0.1, 0.15) is 43.1 Å². The maximum Gasteiger partial charge on any atom is 0.254 e. The Morgan fingerprint density at radius 2 is 1.94 bits per heavy atom. The molecule has 0 radical (unpaired) electrons. The van der Waals surface area contributed by atoms with E-state index in [1.165, 1.54) is 0 Å². The summed E-state index contributed by atoms with van der Waals surface area (Å²) in [6, 6.07) is 14.4. The molecule has 4 rings (SSSR count). The Morgan fingerprint density at radius 1 is 1.18 bits per heavy atom. The molecule has 2 aromatic carbocycles. The van der Waals surface area contributed by atoms with Crippen LogP contribution in [0.15, 0.2) is 42.5 Å². The monoisotopic (exact) mass is 446 g/mol. The minimum atomic E-state index is 0.0788. The molecule has 0 atom stereocenters. The van der Waals surface area contributed by atoms with Gasteiger partial charge in [-0.2, -0.15) is 0 Å². The van der Waals surface area contributed by atoms with Crippen molar-refractivity contribution in [2.75, 3.05) is 43.5 Å². The van der Waals surface area contributed by atoms with Gasteiger partial charge in [-0.1, -0.05) is 25.1 Å². The first-order valence-corrected chi connectivity index (χ1v) is 11.8. The smallest absolute Gasteiger partial charge is 0.254 e. The van der Waals surface area contributed by atoms with Crippen molar-refractivity contribution < 1.29 is 9.53 Å². The average Bonchev–Trinajstić information content (AvgIpc) is 2.81. The molecule has 0 aliphatic carbocycles. The lowest BCUT2D eigenvalue weighted by molar-refractivity contribution is 0.0706. The summed E-state index contributed by atoms with van der Waals surface area (Å²) in [6.45, 7) is 12.0. The largest absolute Gasteiger partial charge is 0.382 e. The lowest BCUT2D eigenvalue weighted by Gasteiger charge is -2.29. The van der Waals surface area contributed by atoms with E-state index in [1.807, 2.05) is 29.2 Å². The summed E-state index contributed by atoms with van der Waals surface area (Å²) in [5.41, 5.74) is 11.9. The molecule has 1 aromatic heterocycles. The van der Waals surface area contributed by atoms with Gasteiger partial charge >= 0.3 is 0 Å². The number of ether oxygens (including phenoxy) is 1. The van der Waals surface area contributed by atoms with Crippen molar-refractivity contribution in [2.45, 2.75) is 40.2 Å². The van der Waals surface area contributed by atoms with E-state index >= 15 is 0 Å². The lowest BCUT2D eigenvalue weighted by atomic mass is 9.93. The van der Waals surface area contributed by atoms with Gasteiger partial charge in [0.25, 0.3) is 5.91 Å². The predicted molar refractivity (Wildman–Crippen MR) is 136 cm³/mol. The van der Waals surface area contributed by atoms with Crippen molar-refractivity contribution in [3.05, 3.63) is 53.6 Å². The van der Waals surface area contributed by atoms with E-state index in [2.05, 4.69) is 55.8 Å². The van der Waals surface area contributed by atoms with Crippen LogP contribution in [0.25, 0.3) is 22.0 Å². The molecule has 6 nitrogen and oxygen atoms in total. The highest BCUT2D eigenvalue weighted by molar-refractivity contribution is 6.03. The molecule has 0 unspecified atom stereocenters. The van der Waals surface area contributed by atoms with E-state index in [0.717, 1.165) is 64.9 Å². The Hall–Kier alpha value is -3.12. The van der Waals surface area contributed by atoms with Crippen LogP contribution in [0, 0.1) is 6.92 Å². The Bertz CT molecular complexity index is 1150. The second kappa shape index (κ2) is 9.79. The van der Waals surface area contributed by atoms with Crippen molar-refractivity contribution in [1.29, 1.82) is 0 Å². The fraction of sp³-hybridized carbons (Fsp3) is 0.407. The van der Waals surface area contributed by atoms with Crippen LogP contribution in [0.4, 0.5) is 11.5 Å². The maximum atomic E-state index is 13.6. The number of hydrogen-bond donors (Lipinski definition) is 1. The number of fused-ring (bicyclic) bond motifs is 1. The molecule has 0 bridgehead atoms. The average molecular weight is 447 g/mol. The standard InChI is InChI=1S/C27H34N4O2/c1-5-11-31(18(2)3)27(32)22-8-6-7-19(4)25(22)20-9-10-23-21(16-20)17-24(26(28)29-23)30-12-14-33-15-13-30/h6-10,16-18H,5,11-15H2,1-4H3,(H2,28,29). The number of aromatic nitrogens is 1. The van der Waals surface area contributed by atoms with Crippen LogP contribution in [0.2, 0.25) is 0 Å². The number of hydrogen-bond acceptors (Lipinski definition) is 5. The third-order valence-electron chi connectivity index (χ3n) is 6.32. The fourth-order valence-electron chi connectivity index (χ4n) is 4.61. The van der Waals surface area contributed by atoms with Crippen LogP contribution in [-0.2, 0) is 4.74 Å². The van der Waals surface area contributed by atoms with Crippen LogP contribution >= 0.6 is 0 Å². The summed E-state index contributed by atoms with van der Waals surface area (Å²) in [5.74, 6) is 0.617. The number of nitrogens with zero attached hydrogens (tertiary/aromatic N) is 3. The first-order chi connectivity index (χ1) is 15.9. The van der Waals surface area contributed by atoms with Gasteiger partial charge in [0, 0.05) is 36.6 Å². The van der Waals surface area contributed by atoms with E-state index in [4.69, 9.17) is 10.5 Å². The van der Waals surface area contributed by atoms with Crippen molar-refractivity contribution in [3.8, 4) is 11.1 Å². The molecule has 1 amide bonds. The number of morpholine rings is 1. The first-order valence-electron chi connectivity index (χ1n) is 11.8. The molecule has 0 spiro atoms. The molecular weight excluding hydrogens is 412 g/mol. The third-order valence-corrected chi connectivity index (χ3v) is 6.32. The molecule has 2 heterocycles.